The van der Waals surface area contributed by atoms with Gasteiger partial charge in [-0.3, -0.25) is 14.6 Å². The smallest absolute Gasteiger partial charge is 0.329 e. The lowest BCUT2D eigenvalue weighted by Gasteiger charge is -2.11. The summed E-state index contributed by atoms with van der Waals surface area (Å²) < 4.78 is 11.2. The second-order valence-corrected chi connectivity index (χ2v) is 6.43. The zero-order chi connectivity index (χ0) is 21.9. The van der Waals surface area contributed by atoms with Gasteiger partial charge in [0.25, 0.3) is 0 Å². The summed E-state index contributed by atoms with van der Waals surface area (Å²) in [4.78, 5) is 27.6. The normalized spacial score (nSPS) is 10.5. The van der Waals surface area contributed by atoms with Crippen molar-refractivity contribution in [3.05, 3.63) is 89.7 Å². The lowest BCUT2D eigenvalue weighted by Crippen LogP contribution is -2.37. The van der Waals surface area contributed by atoms with E-state index in [1.54, 1.807) is 49.8 Å². The number of ether oxygens (including phenoxy) is 2. The van der Waals surface area contributed by atoms with Crippen molar-refractivity contribution in [3.63, 3.8) is 0 Å². The van der Waals surface area contributed by atoms with Crippen LogP contribution in [0.2, 0.25) is 0 Å². The summed E-state index contributed by atoms with van der Waals surface area (Å²) in [6.07, 6.45) is 4.65. The van der Waals surface area contributed by atoms with Crippen LogP contribution in [0.4, 0.5) is 0 Å². The molecule has 2 N–H and O–H groups in total. The minimum Gasteiger partial charge on any atom is -0.493 e. The van der Waals surface area contributed by atoms with Crippen molar-refractivity contribution in [3.8, 4) is 11.5 Å². The van der Waals surface area contributed by atoms with Crippen LogP contribution in [0.5, 0.6) is 11.5 Å². The number of amides is 2. The van der Waals surface area contributed by atoms with E-state index in [4.69, 9.17) is 9.47 Å². The minimum atomic E-state index is -0.866. The highest BCUT2D eigenvalue weighted by Crippen LogP contribution is 2.28. The van der Waals surface area contributed by atoms with E-state index >= 15 is 0 Å². The van der Waals surface area contributed by atoms with E-state index in [1.165, 1.54) is 6.21 Å². The van der Waals surface area contributed by atoms with Crippen LogP contribution in [0.1, 0.15) is 16.7 Å². The Morgan fingerprint density at radius 3 is 2.55 bits per heavy atom. The molecule has 1 heterocycles. The summed E-state index contributed by atoms with van der Waals surface area (Å²) in [6, 6.07) is 18.6. The number of hydrogen-bond donors (Lipinski definition) is 2. The van der Waals surface area contributed by atoms with E-state index < -0.39 is 11.8 Å². The second kappa shape index (κ2) is 11.1. The highest BCUT2D eigenvalue weighted by molar-refractivity contribution is 6.35. The Bertz CT molecular complexity index is 1040. The van der Waals surface area contributed by atoms with Gasteiger partial charge in [-0.05, 0) is 41.0 Å². The number of benzene rings is 2. The maximum Gasteiger partial charge on any atom is 0.329 e. The molecule has 0 aliphatic carbocycles. The summed E-state index contributed by atoms with van der Waals surface area (Å²) in [5.74, 6) is -0.541. The number of methoxy groups -OCH3 is 1. The first-order valence-corrected chi connectivity index (χ1v) is 9.50. The monoisotopic (exact) mass is 418 g/mol. The molecule has 0 unspecified atom stereocenters. The topological polar surface area (TPSA) is 102 Å². The van der Waals surface area contributed by atoms with Gasteiger partial charge >= 0.3 is 11.8 Å². The van der Waals surface area contributed by atoms with Gasteiger partial charge in [0.2, 0.25) is 0 Å². The number of nitrogens with one attached hydrogen (secondary N) is 2. The second-order valence-electron chi connectivity index (χ2n) is 6.43. The Balaban J connectivity index is 1.51. The van der Waals surface area contributed by atoms with Crippen molar-refractivity contribution in [2.24, 2.45) is 5.10 Å². The van der Waals surface area contributed by atoms with Gasteiger partial charge in [-0.25, -0.2) is 5.43 Å². The maximum absolute atomic E-state index is 11.9. The number of hydrazone groups is 1. The summed E-state index contributed by atoms with van der Waals surface area (Å²) in [6.45, 7) is 0.611. The third kappa shape index (κ3) is 6.67. The Hall–Kier alpha value is -4.20. The Morgan fingerprint density at radius 2 is 1.81 bits per heavy atom. The lowest BCUT2D eigenvalue weighted by atomic mass is 10.2. The number of rotatable bonds is 8. The molecule has 0 atom stereocenters. The van der Waals surface area contributed by atoms with Gasteiger partial charge in [0.05, 0.1) is 13.3 Å². The molecule has 2 amide bonds. The Kier molecular flexibility index (Phi) is 7.70. The molecule has 31 heavy (non-hydrogen) atoms. The van der Waals surface area contributed by atoms with Crippen molar-refractivity contribution < 1.29 is 19.1 Å². The highest BCUT2D eigenvalue weighted by Gasteiger charge is 2.12. The molecular weight excluding hydrogens is 396 g/mol. The van der Waals surface area contributed by atoms with Crippen LogP contribution < -0.4 is 20.2 Å². The largest absolute Gasteiger partial charge is 0.493 e. The molecule has 8 heteroatoms. The molecule has 158 valence electrons. The molecule has 0 aliphatic rings. The van der Waals surface area contributed by atoms with Crippen LogP contribution in [0.3, 0.4) is 0 Å². The first kappa shape index (κ1) is 21.5. The zero-order valence-electron chi connectivity index (χ0n) is 16.9. The number of aromatic nitrogens is 1. The molecule has 0 bridgehead atoms. The molecule has 1 aromatic heterocycles. The molecule has 3 rings (SSSR count). The van der Waals surface area contributed by atoms with Crippen molar-refractivity contribution in [2.75, 3.05) is 7.11 Å². The third-order valence-electron chi connectivity index (χ3n) is 4.19. The molecule has 0 spiro atoms. The van der Waals surface area contributed by atoms with Crippen LogP contribution in [-0.4, -0.2) is 30.1 Å². The number of carbonyl (C=O) groups is 2. The number of nitrogens with zero attached hydrogens (tertiary/aromatic N) is 2. The van der Waals surface area contributed by atoms with E-state index in [9.17, 15) is 9.59 Å². The third-order valence-corrected chi connectivity index (χ3v) is 4.19. The average Bonchev–Trinajstić information content (AvgIpc) is 2.82. The predicted octanol–water partition coefficient (Wildman–Crippen LogP) is 2.44. The van der Waals surface area contributed by atoms with Gasteiger partial charge in [0, 0.05) is 18.9 Å². The first-order chi connectivity index (χ1) is 15.2. The van der Waals surface area contributed by atoms with Gasteiger partial charge < -0.3 is 14.8 Å². The SMILES string of the molecule is COc1cc(/C=N\NC(=O)C(=O)NCc2cccnc2)ccc1OCc1ccccc1. The number of pyridine rings is 1. The summed E-state index contributed by atoms with van der Waals surface area (Å²) in [7, 11) is 1.54. The van der Waals surface area contributed by atoms with E-state index in [1.807, 2.05) is 30.3 Å². The maximum atomic E-state index is 11.9. The Labute approximate surface area is 179 Å². The lowest BCUT2D eigenvalue weighted by molar-refractivity contribution is -0.139. The van der Waals surface area contributed by atoms with Crippen LogP contribution >= 0.6 is 0 Å². The molecule has 0 radical (unpaired) electrons. The Morgan fingerprint density at radius 1 is 1.00 bits per heavy atom. The van der Waals surface area contributed by atoms with Gasteiger partial charge in [0.15, 0.2) is 11.5 Å². The predicted molar refractivity (Wildman–Crippen MR) is 116 cm³/mol. The van der Waals surface area contributed by atoms with Crippen LogP contribution in [0, 0.1) is 0 Å². The fraction of sp³-hybridized carbons (Fsp3) is 0.130. The molecular formula is C23H22N4O4. The van der Waals surface area contributed by atoms with E-state index in [0.717, 1.165) is 11.1 Å². The summed E-state index contributed by atoms with van der Waals surface area (Å²) in [5.41, 5.74) is 4.69. The molecule has 0 fully saturated rings. The van der Waals surface area contributed by atoms with Crippen molar-refractivity contribution in [1.82, 2.24) is 15.7 Å². The number of carbonyl (C=O) groups excluding carboxylic acids is 2. The summed E-state index contributed by atoms with van der Waals surface area (Å²) in [5, 5.41) is 6.32. The van der Waals surface area contributed by atoms with Gasteiger partial charge in [-0.2, -0.15) is 5.10 Å². The molecule has 3 aromatic rings. The molecule has 8 nitrogen and oxygen atoms in total. The fourth-order valence-electron chi connectivity index (χ4n) is 2.60. The average molecular weight is 418 g/mol. The quantitative estimate of drug-likeness (QED) is 0.332. The van der Waals surface area contributed by atoms with E-state index in [-0.39, 0.29) is 6.54 Å². The van der Waals surface area contributed by atoms with E-state index in [0.29, 0.717) is 23.7 Å². The molecule has 0 aliphatic heterocycles. The minimum absolute atomic E-state index is 0.200. The van der Waals surface area contributed by atoms with Gasteiger partial charge in [-0.1, -0.05) is 36.4 Å². The van der Waals surface area contributed by atoms with Crippen molar-refractivity contribution in [2.45, 2.75) is 13.2 Å². The standard InChI is InChI=1S/C23H22N4O4/c1-30-21-12-18(9-10-20(21)31-16-17-6-3-2-4-7-17)15-26-27-23(29)22(28)25-14-19-8-5-11-24-13-19/h2-13,15H,14,16H2,1H3,(H,25,28)(H,27,29)/b26-15-. The fourth-order valence-corrected chi connectivity index (χ4v) is 2.60. The van der Waals surface area contributed by atoms with Crippen LogP contribution in [-0.2, 0) is 22.7 Å². The highest BCUT2D eigenvalue weighted by atomic mass is 16.5. The van der Waals surface area contributed by atoms with Crippen molar-refractivity contribution in [1.29, 1.82) is 0 Å². The van der Waals surface area contributed by atoms with Crippen LogP contribution in [0.15, 0.2) is 78.2 Å². The van der Waals surface area contributed by atoms with Gasteiger partial charge in [0.1, 0.15) is 6.61 Å². The summed E-state index contributed by atoms with van der Waals surface area (Å²) >= 11 is 0. The molecule has 2 aromatic carbocycles. The van der Waals surface area contributed by atoms with Gasteiger partial charge in [-0.15, -0.1) is 0 Å². The zero-order valence-corrected chi connectivity index (χ0v) is 16.9. The first-order valence-electron chi connectivity index (χ1n) is 9.50. The number of hydrogen-bond acceptors (Lipinski definition) is 6. The van der Waals surface area contributed by atoms with E-state index in [2.05, 4.69) is 20.8 Å². The molecule has 0 saturated heterocycles. The van der Waals surface area contributed by atoms with Crippen LogP contribution in [0.25, 0.3) is 0 Å². The van der Waals surface area contributed by atoms with Crippen molar-refractivity contribution >= 4 is 18.0 Å². The molecule has 0 saturated carbocycles.